The van der Waals surface area contributed by atoms with Crippen LogP contribution in [0.1, 0.15) is 37.6 Å². The molecule has 0 atom stereocenters. The number of nitrogens with one attached hydrogen (secondary N) is 2. The molecule has 21 heavy (non-hydrogen) atoms. The second-order valence-corrected chi connectivity index (χ2v) is 6.37. The number of benzene rings is 1. The summed E-state index contributed by atoms with van der Waals surface area (Å²) in [5.41, 5.74) is 3.45. The van der Waals surface area contributed by atoms with E-state index in [1.54, 1.807) is 0 Å². The maximum Gasteiger partial charge on any atom is 0.225 e. The Labute approximate surface area is 127 Å². The van der Waals surface area contributed by atoms with Crippen LogP contribution in [0.15, 0.2) is 30.3 Å². The molecule has 0 aliphatic heterocycles. The molecule has 0 saturated carbocycles. The molecular weight excluding hydrogens is 260 g/mol. The Bertz CT molecular complexity index is 614. The van der Waals surface area contributed by atoms with Crippen LogP contribution in [0.2, 0.25) is 0 Å². The normalized spacial score (nSPS) is 11.3. The van der Waals surface area contributed by atoms with Gasteiger partial charge in [-0.05, 0) is 45.7 Å². The zero-order valence-corrected chi connectivity index (χ0v) is 13.5. The second kappa shape index (κ2) is 6.12. The smallest absolute Gasteiger partial charge is 0.225 e. The minimum absolute atomic E-state index is 0.0545. The number of anilines is 2. The lowest BCUT2D eigenvalue weighted by molar-refractivity contribution is 0.625. The fourth-order valence-electron chi connectivity index (χ4n) is 2.04. The number of hydrogen-bond acceptors (Lipinski definition) is 4. The molecule has 2 rings (SSSR count). The molecule has 0 fully saturated rings. The Balaban J connectivity index is 2.12. The molecule has 1 heterocycles. The summed E-state index contributed by atoms with van der Waals surface area (Å²) < 4.78 is 0. The van der Waals surface area contributed by atoms with Gasteiger partial charge in [-0.2, -0.15) is 4.98 Å². The maximum absolute atomic E-state index is 4.53. The highest BCUT2D eigenvalue weighted by atomic mass is 15.2. The first-order valence-corrected chi connectivity index (χ1v) is 7.26. The van der Waals surface area contributed by atoms with E-state index >= 15 is 0 Å². The van der Waals surface area contributed by atoms with E-state index in [2.05, 4.69) is 72.6 Å². The van der Waals surface area contributed by atoms with Gasteiger partial charge in [-0.25, -0.2) is 4.98 Å². The van der Waals surface area contributed by atoms with Gasteiger partial charge in [0, 0.05) is 23.8 Å². The molecule has 0 saturated heterocycles. The summed E-state index contributed by atoms with van der Waals surface area (Å²) in [6, 6.07) is 10.3. The first-order valence-electron chi connectivity index (χ1n) is 7.26. The molecule has 0 aliphatic rings. The van der Waals surface area contributed by atoms with Crippen LogP contribution in [-0.2, 0) is 6.54 Å². The van der Waals surface area contributed by atoms with Gasteiger partial charge in [0.05, 0.1) is 0 Å². The van der Waals surface area contributed by atoms with Gasteiger partial charge in [0.25, 0.3) is 0 Å². The van der Waals surface area contributed by atoms with E-state index in [-0.39, 0.29) is 5.54 Å². The molecule has 0 radical (unpaired) electrons. The predicted octanol–water partition coefficient (Wildman–Crippen LogP) is 3.92. The average Bonchev–Trinajstić information content (AvgIpc) is 2.35. The van der Waals surface area contributed by atoms with Crippen molar-refractivity contribution < 1.29 is 0 Å². The van der Waals surface area contributed by atoms with E-state index in [0.717, 1.165) is 18.1 Å². The SMILES string of the molecule is Cc1cc(NCc2ccccc2C)nc(NC(C)(C)C)n1. The quantitative estimate of drug-likeness (QED) is 0.893. The number of aryl methyl sites for hydroxylation is 2. The largest absolute Gasteiger partial charge is 0.366 e. The minimum Gasteiger partial charge on any atom is -0.366 e. The Morgan fingerprint density at radius 2 is 1.76 bits per heavy atom. The summed E-state index contributed by atoms with van der Waals surface area (Å²) in [6.45, 7) is 11.2. The third kappa shape index (κ3) is 4.74. The highest BCUT2D eigenvalue weighted by Crippen LogP contribution is 2.15. The molecule has 4 nitrogen and oxygen atoms in total. The van der Waals surface area contributed by atoms with Crippen LogP contribution < -0.4 is 10.6 Å². The van der Waals surface area contributed by atoms with Crippen LogP contribution in [0, 0.1) is 13.8 Å². The lowest BCUT2D eigenvalue weighted by atomic mass is 10.1. The van der Waals surface area contributed by atoms with Gasteiger partial charge in [-0.15, -0.1) is 0 Å². The van der Waals surface area contributed by atoms with Crippen molar-refractivity contribution in [3.63, 3.8) is 0 Å². The van der Waals surface area contributed by atoms with Crippen LogP contribution >= 0.6 is 0 Å². The maximum atomic E-state index is 4.53. The standard InChI is InChI=1S/C17H24N4/c1-12-8-6-7-9-14(12)11-18-15-10-13(2)19-16(20-15)21-17(3,4)5/h6-10H,11H2,1-5H3,(H2,18,19,20,21). The molecule has 0 bridgehead atoms. The first-order chi connectivity index (χ1) is 9.83. The van der Waals surface area contributed by atoms with Gasteiger partial charge in [0.2, 0.25) is 5.95 Å². The third-order valence-electron chi connectivity index (χ3n) is 3.06. The van der Waals surface area contributed by atoms with E-state index in [4.69, 9.17) is 0 Å². The van der Waals surface area contributed by atoms with Crippen molar-refractivity contribution in [2.75, 3.05) is 10.6 Å². The summed E-state index contributed by atoms with van der Waals surface area (Å²) in [7, 11) is 0. The molecule has 1 aromatic carbocycles. The molecule has 1 aromatic heterocycles. The van der Waals surface area contributed by atoms with E-state index in [9.17, 15) is 0 Å². The lowest BCUT2D eigenvalue weighted by Gasteiger charge is -2.21. The molecule has 2 aromatic rings. The number of aromatic nitrogens is 2. The number of nitrogens with zero attached hydrogens (tertiary/aromatic N) is 2. The van der Waals surface area contributed by atoms with Crippen molar-refractivity contribution >= 4 is 11.8 Å². The number of hydrogen-bond donors (Lipinski definition) is 2. The number of rotatable bonds is 4. The molecule has 0 spiro atoms. The molecule has 4 heteroatoms. The zero-order chi connectivity index (χ0) is 15.5. The van der Waals surface area contributed by atoms with E-state index in [0.29, 0.717) is 5.95 Å². The fraction of sp³-hybridized carbons (Fsp3) is 0.412. The minimum atomic E-state index is -0.0545. The van der Waals surface area contributed by atoms with Crippen molar-refractivity contribution in [3.8, 4) is 0 Å². The van der Waals surface area contributed by atoms with Crippen molar-refractivity contribution in [1.29, 1.82) is 0 Å². The summed E-state index contributed by atoms with van der Waals surface area (Å²) in [5.74, 6) is 1.51. The van der Waals surface area contributed by atoms with Crippen LogP contribution in [0.4, 0.5) is 11.8 Å². The molecule has 0 amide bonds. The highest BCUT2D eigenvalue weighted by Gasteiger charge is 2.12. The van der Waals surface area contributed by atoms with Crippen LogP contribution in [-0.4, -0.2) is 15.5 Å². The predicted molar refractivity (Wildman–Crippen MR) is 88.7 cm³/mol. The average molecular weight is 284 g/mol. The highest BCUT2D eigenvalue weighted by molar-refractivity contribution is 5.44. The topological polar surface area (TPSA) is 49.8 Å². The van der Waals surface area contributed by atoms with Gasteiger partial charge in [0.1, 0.15) is 5.82 Å². The van der Waals surface area contributed by atoms with Crippen molar-refractivity contribution in [2.45, 2.75) is 46.7 Å². The Hall–Kier alpha value is -2.10. The molecule has 0 aliphatic carbocycles. The Kier molecular flexibility index (Phi) is 4.46. The van der Waals surface area contributed by atoms with Crippen molar-refractivity contribution in [2.24, 2.45) is 0 Å². The summed E-state index contributed by atoms with van der Waals surface area (Å²) in [6.07, 6.45) is 0. The molecule has 0 unspecified atom stereocenters. The summed E-state index contributed by atoms with van der Waals surface area (Å²) in [5, 5.41) is 6.69. The van der Waals surface area contributed by atoms with Crippen molar-refractivity contribution in [1.82, 2.24) is 9.97 Å². The van der Waals surface area contributed by atoms with Gasteiger partial charge < -0.3 is 10.6 Å². The van der Waals surface area contributed by atoms with E-state index < -0.39 is 0 Å². The van der Waals surface area contributed by atoms with Crippen molar-refractivity contribution in [3.05, 3.63) is 47.2 Å². The van der Waals surface area contributed by atoms with Gasteiger partial charge in [-0.1, -0.05) is 24.3 Å². The zero-order valence-electron chi connectivity index (χ0n) is 13.5. The van der Waals surface area contributed by atoms with E-state index in [1.807, 2.05) is 13.0 Å². The molecule has 2 N–H and O–H groups in total. The monoisotopic (exact) mass is 284 g/mol. The van der Waals surface area contributed by atoms with Crippen LogP contribution in [0.3, 0.4) is 0 Å². The van der Waals surface area contributed by atoms with E-state index in [1.165, 1.54) is 11.1 Å². The molecular formula is C17H24N4. The van der Waals surface area contributed by atoms with Gasteiger partial charge in [-0.3, -0.25) is 0 Å². The van der Waals surface area contributed by atoms with Crippen LogP contribution in [0.25, 0.3) is 0 Å². The second-order valence-electron chi connectivity index (χ2n) is 6.37. The van der Waals surface area contributed by atoms with Gasteiger partial charge in [0.15, 0.2) is 0 Å². The van der Waals surface area contributed by atoms with Gasteiger partial charge >= 0.3 is 0 Å². The molecule has 112 valence electrons. The first kappa shape index (κ1) is 15.3. The van der Waals surface area contributed by atoms with Crippen LogP contribution in [0.5, 0.6) is 0 Å². The Morgan fingerprint density at radius 1 is 1.05 bits per heavy atom. The Morgan fingerprint density at radius 3 is 2.43 bits per heavy atom. The summed E-state index contributed by atoms with van der Waals surface area (Å²) >= 11 is 0. The lowest BCUT2D eigenvalue weighted by Crippen LogP contribution is -2.27. The summed E-state index contributed by atoms with van der Waals surface area (Å²) in [4.78, 5) is 8.96. The third-order valence-corrected chi connectivity index (χ3v) is 3.06. The fourth-order valence-corrected chi connectivity index (χ4v) is 2.04.